The lowest BCUT2D eigenvalue weighted by Crippen LogP contribution is -2.35. The summed E-state index contributed by atoms with van der Waals surface area (Å²) in [7, 11) is 0. The van der Waals surface area contributed by atoms with Gasteiger partial charge in [-0.2, -0.15) is 0 Å². The number of aryl methyl sites for hydroxylation is 1. The van der Waals surface area contributed by atoms with Gasteiger partial charge in [-0.05, 0) is 73.7 Å². The van der Waals surface area contributed by atoms with Gasteiger partial charge in [0.15, 0.2) is 0 Å². The first kappa shape index (κ1) is 27.1. The Labute approximate surface area is 238 Å². The number of hydrogen-bond donors (Lipinski definition) is 1. The summed E-state index contributed by atoms with van der Waals surface area (Å²) in [5, 5.41) is 5.86. The van der Waals surface area contributed by atoms with E-state index in [-0.39, 0.29) is 6.03 Å². The maximum absolute atomic E-state index is 13.9. The maximum atomic E-state index is 13.9. The second-order valence-electron chi connectivity index (χ2n) is 9.68. The maximum Gasteiger partial charge on any atom is 0.322 e. The van der Waals surface area contributed by atoms with Gasteiger partial charge in [-0.15, -0.1) is 11.8 Å². The van der Waals surface area contributed by atoms with Crippen LogP contribution in [0.1, 0.15) is 37.5 Å². The number of anilines is 1. The predicted octanol–water partition coefficient (Wildman–Crippen LogP) is 9.56. The van der Waals surface area contributed by atoms with E-state index in [0.717, 1.165) is 74.2 Å². The third-order valence-electron chi connectivity index (χ3n) is 6.90. The Morgan fingerprint density at radius 2 is 1.87 bits per heavy atom. The van der Waals surface area contributed by atoms with Crippen molar-refractivity contribution in [1.29, 1.82) is 0 Å². The summed E-state index contributed by atoms with van der Waals surface area (Å²) in [5.74, 6) is 0.759. The molecular weight excluding hydrogens is 526 g/mol. The van der Waals surface area contributed by atoms with Crippen LogP contribution in [0.25, 0.3) is 33.0 Å². The summed E-state index contributed by atoms with van der Waals surface area (Å²) in [5.41, 5.74) is 5.60. The van der Waals surface area contributed by atoms with Gasteiger partial charge in [-0.3, -0.25) is 4.98 Å². The van der Waals surface area contributed by atoms with Gasteiger partial charge in [-0.25, -0.2) is 4.79 Å². The van der Waals surface area contributed by atoms with Gasteiger partial charge in [0.2, 0.25) is 0 Å². The number of furan rings is 1. The topological polar surface area (TPSA) is 58.4 Å². The van der Waals surface area contributed by atoms with E-state index in [4.69, 9.17) is 16.0 Å². The molecule has 0 aliphatic carbocycles. The molecule has 0 aliphatic heterocycles. The average Bonchev–Trinajstić information content (AvgIpc) is 3.30. The summed E-state index contributed by atoms with van der Waals surface area (Å²) in [6.45, 7) is 5.20. The van der Waals surface area contributed by atoms with Crippen LogP contribution < -0.4 is 5.32 Å². The fourth-order valence-electron chi connectivity index (χ4n) is 4.90. The number of urea groups is 1. The van der Waals surface area contributed by atoms with E-state index in [9.17, 15) is 4.79 Å². The minimum Gasteiger partial charge on any atom is -0.459 e. The first-order valence-electron chi connectivity index (χ1n) is 13.2. The number of benzene rings is 3. The molecule has 200 valence electrons. The molecule has 2 amide bonds. The van der Waals surface area contributed by atoms with E-state index in [1.807, 2.05) is 71.8 Å². The Balaban J connectivity index is 1.54. The van der Waals surface area contributed by atoms with Crippen molar-refractivity contribution >= 4 is 57.0 Å². The summed E-state index contributed by atoms with van der Waals surface area (Å²) in [4.78, 5) is 21.3. The standard InChI is InChI=1S/C32H32ClN3O2S/c1-4-5-6-18-36(32(37)35-31-24-8-7-17-34-26(24)14-16-29(31)39-3)20-28-30(22-10-12-23(33)13-11-22)25-19-21(2)9-15-27(25)38-28/h7-17,19H,4-6,18,20H2,1-3H3,(H,35,37). The van der Waals surface area contributed by atoms with Crippen LogP contribution in [0.3, 0.4) is 0 Å². The molecule has 1 N–H and O–H groups in total. The lowest BCUT2D eigenvalue weighted by Gasteiger charge is -2.24. The normalized spacial score (nSPS) is 11.3. The molecule has 5 rings (SSSR count). The molecule has 2 heterocycles. The molecule has 7 heteroatoms. The Hall–Kier alpha value is -3.48. The monoisotopic (exact) mass is 557 g/mol. The van der Waals surface area contributed by atoms with Crippen molar-refractivity contribution in [3.05, 3.63) is 89.3 Å². The number of hydrogen-bond acceptors (Lipinski definition) is 4. The number of amides is 2. The second kappa shape index (κ2) is 12.1. The van der Waals surface area contributed by atoms with E-state index in [2.05, 4.69) is 30.2 Å². The van der Waals surface area contributed by atoms with Gasteiger partial charge in [0, 0.05) is 39.0 Å². The van der Waals surface area contributed by atoms with Crippen LogP contribution in [-0.2, 0) is 6.54 Å². The van der Waals surface area contributed by atoms with E-state index in [1.54, 1.807) is 18.0 Å². The fraction of sp³-hybridized carbons (Fsp3) is 0.250. The lowest BCUT2D eigenvalue weighted by atomic mass is 10.0. The SMILES string of the molecule is CCCCCN(Cc1oc2ccc(C)cc2c1-c1ccc(Cl)cc1)C(=O)Nc1c(SC)ccc2ncccc12. The summed E-state index contributed by atoms with van der Waals surface area (Å²) < 4.78 is 6.42. The third kappa shape index (κ3) is 5.92. The smallest absolute Gasteiger partial charge is 0.322 e. The summed E-state index contributed by atoms with van der Waals surface area (Å²) in [6, 6.07) is 21.7. The zero-order valence-corrected chi connectivity index (χ0v) is 24.0. The Kier molecular flexibility index (Phi) is 8.44. The predicted molar refractivity (Wildman–Crippen MR) is 164 cm³/mol. The molecule has 0 radical (unpaired) electrons. The van der Waals surface area contributed by atoms with Crippen molar-refractivity contribution in [2.24, 2.45) is 0 Å². The molecule has 0 bridgehead atoms. The number of unbranched alkanes of at least 4 members (excludes halogenated alkanes) is 2. The highest BCUT2D eigenvalue weighted by atomic mass is 35.5. The number of pyridine rings is 1. The van der Waals surface area contributed by atoms with Crippen molar-refractivity contribution in [3.8, 4) is 11.1 Å². The van der Waals surface area contributed by atoms with Gasteiger partial charge in [0.25, 0.3) is 0 Å². The number of rotatable bonds is 9. The van der Waals surface area contributed by atoms with Crippen LogP contribution in [-0.4, -0.2) is 28.7 Å². The fourth-order valence-corrected chi connectivity index (χ4v) is 5.60. The van der Waals surface area contributed by atoms with Crippen molar-refractivity contribution in [1.82, 2.24) is 9.88 Å². The van der Waals surface area contributed by atoms with Gasteiger partial charge in [0.05, 0.1) is 17.7 Å². The highest BCUT2D eigenvalue weighted by Crippen LogP contribution is 2.37. The summed E-state index contributed by atoms with van der Waals surface area (Å²) in [6.07, 6.45) is 6.81. The van der Waals surface area contributed by atoms with Crippen LogP contribution in [0.15, 0.2) is 82.2 Å². The number of aromatic nitrogens is 1. The lowest BCUT2D eigenvalue weighted by molar-refractivity contribution is 0.203. The molecule has 0 unspecified atom stereocenters. The number of nitrogens with zero attached hydrogens (tertiary/aromatic N) is 2. The van der Waals surface area contributed by atoms with Gasteiger partial charge in [-0.1, -0.05) is 55.1 Å². The van der Waals surface area contributed by atoms with Gasteiger partial charge in [0.1, 0.15) is 11.3 Å². The highest BCUT2D eigenvalue weighted by Gasteiger charge is 2.23. The van der Waals surface area contributed by atoms with Crippen LogP contribution >= 0.6 is 23.4 Å². The van der Waals surface area contributed by atoms with Gasteiger partial charge >= 0.3 is 6.03 Å². The largest absolute Gasteiger partial charge is 0.459 e. The minimum absolute atomic E-state index is 0.156. The molecule has 39 heavy (non-hydrogen) atoms. The second-order valence-corrected chi connectivity index (χ2v) is 11.0. The number of nitrogens with one attached hydrogen (secondary N) is 1. The number of carbonyl (C=O) groups excluding carboxylic acids is 1. The molecule has 2 aromatic heterocycles. The summed E-state index contributed by atoms with van der Waals surface area (Å²) >= 11 is 7.81. The molecule has 3 aromatic carbocycles. The number of thioether (sulfide) groups is 1. The highest BCUT2D eigenvalue weighted by molar-refractivity contribution is 7.98. The minimum atomic E-state index is -0.156. The molecule has 0 aliphatic rings. The molecule has 0 spiro atoms. The Bertz CT molecular complexity index is 1610. The van der Waals surface area contributed by atoms with E-state index in [0.29, 0.717) is 18.1 Å². The van der Waals surface area contributed by atoms with E-state index < -0.39 is 0 Å². The molecule has 0 fully saturated rings. The van der Waals surface area contributed by atoms with Crippen LogP contribution in [0, 0.1) is 6.92 Å². The average molecular weight is 558 g/mol. The number of carbonyl (C=O) groups is 1. The number of fused-ring (bicyclic) bond motifs is 2. The third-order valence-corrected chi connectivity index (χ3v) is 7.93. The zero-order valence-electron chi connectivity index (χ0n) is 22.5. The van der Waals surface area contributed by atoms with Crippen molar-refractivity contribution in [3.63, 3.8) is 0 Å². The van der Waals surface area contributed by atoms with E-state index in [1.165, 1.54) is 0 Å². The van der Waals surface area contributed by atoms with Crippen molar-refractivity contribution < 1.29 is 9.21 Å². The first-order chi connectivity index (χ1) is 19.0. The molecule has 0 saturated carbocycles. The molecule has 0 atom stereocenters. The molecule has 5 nitrogen and oxygen atoms in total. The Morgan fingerprint density at radius 3 is 2.64 bits per heavy atom. The van der Waals surface area contributed by atoms with Crippen LogP contribution in [0.2, 0.25) is 5.02 Å². The zero-order chi connectivity index (χ0) is 27.4. The van der Waals surface area contributed by atoms with Crippen LogP contribution in [0.5, 0.6) is 0 Å². The Morgan fingerprint density at radius 1 is 1.05 bits per heavy atom. The van der Waals surface area contributed by atoms with Crippen molar-refractivity contribution in [2.75, 3.05) is 18.1 Å². The first-order valence-corrected chi connectivity index (χ1v) is 14.8. The quantitative estimate of drug-likeness (QED) is 0.145. The molecule has 0 saturated heterocycles. The van der Waals surface area contributed by atoms with Gasteiger partial charge < -0.3 is 14.6 Å². The van der Waals surface area contributed by atoms with E-state index >= 15 is 0 Å². The number of halogens is 1. The molecule has 5 aromatic rings. The molecular formula is C32H32ClN3O2S. The van der Waals surface area contributed by atoms with Crippen molar-refractivity contribution in [2.45, 2.75) is 44.6 Å². The van der Waals surface area contributed by atoms with Crippen LogP contribution in [0.4, 0.5) is 10.5 Å².